The van der Waals surface area contributed by atoms with Crippen molar-refractivity contribution in [3.8, 4) is 22.8 Å². The lowest BCUT2D eigenvalue weighted by Crippen LogP contribution is -2.12. The minimum atomic E-state index is -0.449. The van der Waals surface area contributed by atoms with Crippen LogP contribution < -0.4 is 4.80 Å². The number of aromatic hydroxyl groups is 2. The highest BCUT2D eigenvalue weighted by molar-refractivity contribution is 7.07. The molecule has 4 rings (SSSR count). The molecule has 0 aliphatic rings. The summed E-state index contributed by atoms with van der Waals surface area (Å²) in [6.45, 7) is 0. The van der Waals surface area contributed by atoms with Crippen LogP contribution in [-0.2, 0) is 0 Å². The van der Waals surface area contributed by atoms with Crippen LogP contribution >= 0.6 is 11.3 Å². The van der Waals surface area contributed by atoms with Gasteiger partial charge in [0.2, 0.25) is 4.80 Å². The second-order valence-corrected chi connectivity index (χ2v) is 6.82. The van der Waals surface area contributed by atoms with Crippen molar-refractivity contribution in [1.29, 1.82) is 0 Å². The number of phenolic OH excluding ortho intramolecular Hbond substituents is 2. The van der Waals surface area contributed by atoms with Crippen LogP contribution in [0.15, 0.2) is 82.3 Å². The molecule has 0 fully saturated rings. The highest BCUT2D eigenvalue weighted by Gasteiger charge is 2.13. The number of phenols is 2. The van der Waals surface area contributed by atoms with E-state index in [1.807, 2.05) is 6.07 Å². The third kappa shape index (κ3) is 4.07. The number of rotatable bonds is 4. The number of pyridine rings is 1. The zero-order valence-corrected chi connectivity index (χ0v) is 15.8. The van der Waals surface area contributed by atoms with E-state index >= 15 is 0 Å². The lowest BCUT2D eigenvalue weighted by molar-refractivity contribution is 0.451. The van der Waals surface area contributed by atoms with E-state index in [9.17, 15) is 14.6 Å². The van der Waals surface area contributed by atoms with Gasteiger partial charge in [0.25, 0.3) is 0 Å². The Morgan fingerprint density at radius 2 is 1.86 bits per heavy atom. The highest BCUT2D eigenvalue weighted by atomic mass is 32.1. The zero-order valence-electron chi connectivity index (χ0n) is 15.0. The van der Waals surface area contributed by atoms with Crippen LogP contribution in [0.1, 0.15) is 5.69 Å². The number of hydrogen-bond acceptors (Lipinski definition) is 6. The first-order chi connectivity index (χ1) is 14.1. The van der Waals surface area contributed by atoms with Crippen LogP contribution in [0.5, 0.6) is 11.5 Å². The van der Waals surface area contributed by atoms with Crippen molar-refractivity contribution in [2.45, 2.75) is 0 Å². The van der Waals surface area contributed by atoms with Crippen LogP contribution in [0.3, 0.4) is 0 Å². The van der Waals surface area contributed by atoms with E-state index in [2.05, 4.69) is 15.1 Å². The molecule has 2 aromatic carbocycles. The Morgan fingerprint density at radius 3 is 2.62 bits per heavy atom. The van der Waals surface area contributed by atoms with Crippen molar-refractivity contribution in [2.75, 3.05) is 0 Å². The average molecular weight is 406 g/mol. The van der Waals surface area contributed by atoms with E-state index in [1.165, 1.54) is 34.2 Å². The van der Waals surface area contributed by atoms with Crippen LogP contribution in [0, 0.1) is 5.82 Å². The van der Waals surface area contributed by atoms with E-state index in [0.29, 0.717) is 21.8 Å². The van der Waals surface area contributed by atoms with E-state index in [-0.39, 0.29) is 17.2 Å². The normalized spacial score (nSPS) is 12.0. The van der Waals surface area contributed by atoms with Crippen LogP contribution in [0.25, 0.3) is 11.3 Å². The quantitative estimate of drug-likeness (QED) is 0.496. The van der Waals surface area contributed by atoms with Gasteiger partial charge in [0.1, 0.15) is 23.0 Å². The fourth-order valence-corrected chi connectivity index (χ4v) is 3.47. The van der Waals surface area contributed by atoms with E-state index in [0.717, 1.165) is 0 Å². The first kappa shape index (κ1) is 18.6. The smallest absolute Gasteiger partial charge is 0.211 e. The number of nitrogens with zero attached hydrogens (tertiary/aromatic N) is 4. The topological polar surface area (TPSA) is 83.0 Å². The molecule has 144 valence electrons. The number of halogens is 1. The Balaban J connectivity index is 1.89. The summed E-state index contributed by atoms with van der Waals surface area (Å²) in [4.78, 5) is 9.00. The van der Waals surface area contributed by atoms with Crippen LogP contribution in [0.4, 0.5) is 10.1 Å². The molecule has 4 aromatic rings. The molecule has 0 radical (unpaired) electrons. The predicted octanol–water partition coefficient (Wildman–Crippen LogP) is 4.28. The summed E-state index contributed by atoms with van der Waals surface area (Å²) < 4.78 is 15.6. The minimum absolute atomic E-state index is 0.0544. The molecule has 6 nitrogen and oxygen atoms in total. The van der Waals surface area contributed by atoms with Gasteiger partial charge in [-0.25, -0.2) is 14.1 Å². The number of thiazole rings is 1. The van der Waals surface area contributed by atoms with Gasteiger partial charge in [0.05, 0.1) is 17.6 Å². The van der Waals surface area contributed by atoms with Crippen molar-refractivity contribution in [1.82, 2.24) is 9.66 Å². The minimum Gasteiger partial charge on any atom is -0.508 e. The largest absolute Gasteiger partial charge is 0.508 e. The van der Waals surface area contributed by atoms with E-state index in [1.54, 1.807) is 54.2 Å². The summed E-state index contributed by atoms with van der Waals surface area (Å²) in [7, 11) is 0. The fraction of sp³-hybridized carbons (Fsp3) is 0. The van der Waals surface area contributed by atoms with Gasteiger partial charge in [-0.2, -0.15) is 5.10 Å². The van der Waals surface area contributed by atoms with Crippen molar-refractivity contribution < 1.29 is 14.6 Å². The van der Waals surface area contributed by atoms with Gasteiger partial charge in [-0.05, 0) is 36.4 Å². The van der Waals surface area contributed by atoms with Gasteiger partial charge < -0.3 is 10.2 Å². The molecule has 0 amide bonds. The molecular weight excluding hydrogens is 391 g/mol. The van der Waals surface area contributed by atoms with E-state index < -0.39 is 5.82 Å². The lowest BCUT2D eigenvalue weighted by atomic mass is 10.1. The zero-order chi connectivity index (χ0) is 20.2. The first-order valence-electron chi connectivity index (χ1n) is 8.59. The summed E-state index contributed by atoms with van der Waals surface area (Å²) in [6, 6.07) is 15.9. The Bertz CT molecular complexity index is 1250. The number of hydrogen-bond donors (Lipinski definition) is 2. The second-order valence-electron chi connectivity index (χ2n) is 5.98. The molecule has 0 saturated heterocycles. The molecule has 2 aromatic heterocycles. The summed E-state index contributed by atoms with van der Waals surface area (Å²) in [6.07, 6.45) is 3.20. The standard InChI is InChI=1S/C21H15FN4O2S/c22-17-6-1-2-7-18(17)25-21-26(24-12-14-5-3-4-10-23-14)19(13-29-21)16-9-8-15(27)11-20(16)28/h1-13,27-28H/b24-12+,25-21?. The Hall–Kier alpha value is -3.78. The van der Waals surface area contributed by atoms with Gasteiger partial charge in [-0.3, -0.25) is 4.98 Å². The summed E-state index contributed by atoms with van der Waals surface area (Å²) >= 11 is 1.24. The van der Waals surface area contributed by atoms with Crippen molar-refractivity contribution in [2.24, 2.45) is 10.1 Å². The van der Waals surface area contributed by atoms with Gasteiger partial charge in [-0.1, -0.05) is 18.2 Å². The summed E-state index contributed by atoms with van der Waals surface area (Å²) in [5.74, 6) is -0.613. The molecule has 2 N–H and O–H groups in total. The maximum atomic E-state index is 14.1. The van der Waals surface area contributed by atoms with Crippen LogP contribution in [-0.4, -0.2) is 26.1 Å². The molecule has 29 heavy (non-hydrogen) atoms. The van der Waals surface area contributed by atoms with Crippen LogP contribution in [0.2, 0.25) is 0 Å². The lowest BCUT2D eigenvalue weighted by Gasteiger charge is -2.06. The molecular formula is C21H15FN4O2S. The van der Waals surface area contributed by atoms with Crippen molar-refractivity contribution in [3.05, 3.63) is 88.6 Å². The monoisotopic (exact) mass is 406 g/mol. The molecule has 0 saturated carbocycles. The molecule has 0 unspecified atom stereocenters. The number of para-hydroxylation sites is 1. The van der Waals surface area contributed by atoms with Gasteiger partial charge in [-0.15, -0.1) is 11.3 Å². The Kier molecular flexibility index (Phi) is 5.17. The Morgan fingerprint density at radius 1 is 1.03 bits per heavy atom. The van der Waals surface area contributed by atoms with Gasteiger partial charge >= 0.3 is 0 Å². The van der Waals surface area contributed by atoms with Gasteiger partial charge in [0, 0.05) is 23.2 Å². The Labute approximate surface area is 169 Å². The fourth-order valence-electron chi connectivity index (χ4n) is 2.63. The molecule has 0 spiro atoms. The summed E-state index contributed by atoms with van der Waals surface area (Å²) in [5, 5.41) is 26.1. The third-order valence-electron chi connectivity index (χ3n) is 4.00. The van der Waals surface area contributed by atoms with E-state index in [4.69, 9.17) is 0 Å². The molecule has 0 aliphatic heterocycles. The maximum absolute atomic E-state index is 14.1. The predicted molar refractivity (Wildman–Crippen MR) is 110 cm³/mol. The molecule has 0 bridgehead atoms. The molecule has 0 atom stereocenters. The van der Waals surface area contributed by atoms with Crippen molar-refractivity contribution in [3.63, 3.8) is 0 Å². The maximum Gasteiger partial charge on any atom is 0.211 e. The third-order valence-corrected chi connectivity index (χ3v) is 4.82. The molecule has 2 heterocycles. The highest BCUT2D eigenvalue weighted by Crippen LogP contribution is 2.32. The first-order valence-corrected chi connectivity index (χ1v) is 9.47. The average Bonchev–Trinajstić information content (AvgIpc) is 3.11. The van der Waals surface area contributed by atoms with Crippen molar-refractivity contribution >= 4 is 23.2 Å². The molecule has 0 aliphatic carbocycles. The number of benzene rings is 2. The second kappa shape index (κ2) is 8.07. The molecule has 8 heteroatoms. The van der Waals surface area contributed by atoms with Gasteiger partial charge in [0.15, 0.2) is 0 Å². The number of aromatic nitrogens is 2. The SMILES string of the molecule is Oc1ccc(-c2csc(=Nc3ccccc3F)n2/N=C/c2ccccn2)c(O)c1. The summed E-state index contributed by atoms with van der Waals surface area (Å²) in [5.41, 5.74) is 1.79.